The fourth-order valence-electron chi connectivity index (χ4n) is 8.72. The monoisotopic (exact) mass is 710 g/mol. The minimum absolute atomic E-state index is 0. The molecular formula is C44H55ClN2O4. The lowest BCUT2D eigenvalue weighted by atomic mass is 9.68. The van der Waals surface area contributed by atoms with Crippen molar-refractivity contribution in [3.63, 3.8) is 0 Å². The summed E-state index contributed by atoms with van der Waals surface area (Å²) >= 11 is 0. The summed E-state index contributed by atoms with van der Waals surface area (Å²) in [5, 5.41) is 3.21. The number of rotatable bonds is 15. The molecule has 0 aromatic heterocycles. The zero-order valence-electron chi connectivity index (χ0n) is 30.6. The van der Waals surface area contributed by atoms with Crippen LogP contribution in [0.4, 0.5) is 0 Å². The molecule has 0 radical (unpaired) electrons. The van der Waals surface area contributed by atoms with E-state index < -0.39 is 0 Å². The van der Waals surface area contributed by atoms with Crippen LogP contribution in [-0.4, -0.2) is 57.3 Å². The fraction of sp³-hybridized carbons (Fsp3) is 0.432. The number of carbonyl (C=O) groups excluding carboxylic acids is 1. The number of hydrogen-bond acceptors (Lipinski definition) is 5. The molecule has 1 amide bonds. The summed E-state index contributed by atoms with van der Waals surface area (Å²) in [7, 11) is 5.11. The Bertz CT molecular complexity index is 1640. The van der Waals surface area contributed by atoms with E-state index in [4.69, 9.17) is 14.2 Å². The van der Waals surface area contributed by atoms with Crippen LogP contribution in [0.1, 0.15) is 79.2 Å². The highest BCUT2D eigenvalue weighted by molar-refractivity contribution is 5.85. The predicted molar refractivity (Wildman–Crippen MR) is 209 cm³/mol. The lowest BCUT2D eigenvalue weighted by Crippen LogP contribution is -2.55. The molecule has 1 heterocycles. The van der Waals surface area contributed by atoms with Crippen molar-refractivity contribution >= 4 is 18.3 Å². The molecule has 51 heavy (non-hydrogen) atoms. The number of carbonyl (C=O) groups is 1. The van der Waals surface area contributed by atoms with E-state index in [0.717, 1.165) is 74.4 Å². The van der Waals surface area contributed by atoms with E-state index >= 15 is 0 Å². The van der Waals surface area contributed by atoms with Gasteiger partial charge in [-0.05, 0) is 123 Å². The summed E-state index contributed by atoms with van der Waals surface area (Å²) in [5.74, 6) is 2.52. The Labute approximate surface area is 311 Å². The second kappa shape index (κ2) is 18.0. The standard InChI is InChI=1S/C44H54N2O4.ClH/c1-48-39-20-18-34(19-21-39)30-42(47)45-27-12-24-44(37-14-6-4-7-15-37,38-16-8-5-9-17-38)25-13-29-46-28-11-10-23-43(46)26-22-35-31-40(49-2)41(50-3)32-36(35)33-43;/h4-9,14-21,31-32H,10-13,22-30,33H2,1-3H3,(H,45,47);1H. The first-order valence-electron chi connectivity index (χ1n) is 18.5. The molecule has 7 heteroatoms. The van der Waals surface area contributed by atoms with Crippen molar-refractivity contribution in [2.45, 2.75) is 81.6 Å². The normalized spacial score (nSPS) is 17.2. The number of fused-ring (bicyclic) bond motifs is 1. The molecule has 4 aromatic rings. The molecule has 6 nitrogen and oxygen atoms in total. The van der Waals surface area contributed by atoms with Crippen LogP contribution in [0, 0.1) is 0 Å². The maximum absolute atomic E-state index is 12.9. The Morgan fingerprint density at radius 1 is 0.765 bits per heavy atom. The van der Waals surface area contributed by atoms with Crippen molar-refractivity contribution in [3.05, 3.63) is 125 Å². The van der Waals surface area contributed by atoms with Gasteiger partial charge in [-0.3, -0.25) is 9.69 Å². The highest BCUT2D eigenvalue weighted by Gasteiger charge is 2.42. The molecule has 1 N–H and O–H groups in total. The third-order valence-electron chi connectivity index (χ3n) is 11.4. The van der Waals surface area contributed by atoms with Gasteiger partial charge in [-0.1, -0.05) is 79.2 Å². The molecule has 1 fully saturated rings. The number of aryl methyl sites for hydroxylation is 1. The Balaban J connectivity index is 0.00000504. The van der Waals surface area contributed by atoms with Gasteiger partial charge in [0.25, 0.3) is 0 Å². The van der Waals surface area contributed by atoms with Crippen LogP contribution in [0.25, 0.3) is 0 Å². The highest BCUT2D eigenvalue weighted by Crippen LogP contribution is 2.45. The molecule has 1 unspecified atom stereocenters. The van der Waals surface area contributed by atoms with Crippen LogP contribution < -0.4 is 19.5 Å². The van der Waals surface area contributed by atoms with Crippen molar-refractivity contribution in [2.24, 2.45) is 0 Å². The van der Waals surface area contributed by atoms with Crippen molar-refractivity contribution < 1.29 is 19.0 Å². The number of halogens is 1. The molecule has 6 rings (SSSR count). The Hall–Kier alpha value is -4.00. The maximum Gasteiger partial charge on any atom is 0.224 e. The number of ether oxygens (including phenoxy) is 3. The topological polar surface area (TPSA) is 60.0 Å². The van der Waals surface area contributed by atoms with E-state index in [2.05, 4.69) is 83.0 Å². The zero-order chi connectivity index (χ0) is 34.8. The molecule has 272 valence electrons. The first-order chi connectivity index (χ1) is 24.5. The number of nitrogens with one attached hydrogen (secondary N) is 1. The minimum atomic E-state index is -0.144. The Kier molecular flexibility index (Phi) is 13.5. The molecular weight excluding hydrogens is 656 g/mol. The van der Waals surface area contributed by atoms with Gasteiger partial charge in [0.15, 0.2) is 11.5 Å². The molecule has 1 atom stereocenters. The van der Waals surface area contributed by atoms with Gasteiger partial charge in [0.1, 0.15) is 5.75 Å². The van der Waals surface area contributed by atoms with Crippen LogP contribution >= 0.6 is 12.4 Å². The van der Waals surface area contributed by atoms with E-state index in [-0.39, 0.29) is 29.3 Å². The molecule has 1 aliphatic heterocycles. The number of piperidine rings is 1. The summed E-state index contributed by atoms with van der Waals surface area (Å²) < 4.78 is 16.6. The molecule has 1 aliphatic carbocycles. The van der Waals surface area contributed by atoms with E-state index in [1.165, 1.54) is 47.9 Å². The molecule has 0 bridgehead atoms. The number of benzene rings is 4. The first-order valence-corrected chi connectivity index (χ1v) is 18.5. The maximum atomic E-state index is 12.9. The Morgan fingerprint density at radius 2 is 1.39 bits per heavy atom. The number of likely N-dealkylation sites (tertiary alicyclic amines) is 1. The van der Waals surface area contributed by atoms with Gasteiger partial charge in [0.05, 0.1) is 27.8 Å². The van der Waals surface area contributed by atoms with Crippen LogP contribution in [0.5, 0.6) is 17.2 Å². The summed E-state index contributed by atoms with van der Waals surface area (Å²) in [4.78, 5) is 15.8. The van der Waals surface area contributed by atoms with Gasteiger partial charge in [-0.15, -0.1) is 12.4 Å². The van der Waals surface area contributed by atoms with Crippen molar-refractivity contribution in [1.82, 2.24) is 10.2 Å². The number of amides is 1. The summed E-state index contributed by atoms with van der Waals surface area (Å²) in [5.41, 5.74) is 6.58. The average Bonchev–Trinajstić information content (AvgIpc) is 3.17. The largest absolute Gasteiger partial charge is 0.497 e. The lowest BCUT2D eigenvalue weighted by Gasteiger charge is -2.50. The lowest BCUT2D eigenvalue weighted by molar-refractivity contribution is -0.120. The van der Waals surface area contributed by atoms with Crippen LogP contribution in [0.3, 0.4) is 0 Å². The van der Waals surface area contributed by atoms with Crippen molar-refractivity contribution in [3.8, 4) is 17.2 Å². The molecule has 1 spiro atoms. The molecule has 2 aliphatic rings. The molecule has 0 saturated carbocycles. The van der Waals surface area contributed by atoms with E-state index in [0.29, 0.717) is 13.0 Å². The van der Waals surface area contributed by atoms with E-state index in [1.54, 1.807) is 21.3 Å². The second-order valence-corrected chi connectivity index (χ2v) is 14.2. The summed E-state index contributed by atoms with van der Waals surface area (Å²) in [6.45, 7) is 2.90. The second-order valence-electron chi connectivity index (χ2n) is 14.2. The quantitative estimate of drug-likeness (QED) is 0.125. The van der Waals surface area contributed by atoms with Crippen LogP contribution in [0.2, 0.25) is 0 Å². The average molecular weight is 711 g/mol. The van der Waals surface area contributed by atoms with Crippen molar-refractivity contribution in [2.75, 3.05) is 41.0 Å². The van der Waals surface area contributed by atoms with Crippen LogP contribution in [-0.2, 0) is 29.5 Å². The van der Waals surface area contributed by atoms with Gasteiger partial charge in [-0.25, -0.2) is 0 Å². The van der Waals surface area contributed by atoms with Gasteiger partial charge in [0, 0.05) is 17.5 Å². The minimum Gasteiger partial charge on any atom is -0.497 e. The third-order valence-corrected chi connectivity index (χ3v) is 11.4. The molecule has 4 aromatic carbocycles. The SMILES string of the molecule is COc1ccc(CC(=O)NCCCC(CCCN2CCCCC23CCc2cc(OC)c(OC)cc2C3)(c2ccccc2)c2ccccc2)cc1.Cl. The highest BCUT2D eigenvalue weighted by atomic mass is 35.5. The fourth-order valence-corrected chi connectivity index (χ4v) is 8.72. The van der Waals surface area contributed by atoms with E-state index in [1.807, 2.05) is 24.3 Å². The third kappa shape index (κ3) is 8.91. The molecule has 1 saturated heterocycles. The van der Waals surface area contributed by atoms with E-state index in [9.17, 15) is 4.79 Å². The van der Waals surface area contributed by atoms with Gasteiger partial charge in [-0.2, -0.15) is 0 Å². The summed E-state index contributed by atoms with van der Waals surface area (Å²) in [6.07, 6.45) is 11.5. The summed E-state index contributed by atoms with van der Waals surface area (Å²) in [6, 6.07) is 34.3. The zero-order valence-corrected chi connectivity index (χ0v) is 31.4. The van der Waals surface area contributed by atoms with Crippen LogP contribution in [0.15, 0.2) is 97.1 Å². The Morgan fingerprint density at radius 3 is 2.02 bits per heavy atom. The van der Waals surface area contributed by atoms with Crippen molar-refractivity contribution in [1.29, 1.82) is 0 Å². The number of methoxy groups -OCH3 is 3. The first kappa shape index (κ1) is 38.2. The number of nitrogens with zero attached hydrogens (tertiary/aromatic N) is 1. The van der Waals surface area contributed by atoms with Gasteiger partial charge >= 0.3 is 0 Å². The predicted octanol–water partition coefficient (Wildman–Crippen LogP) is 8.75. The van der Waals surface area contributed by atoms with Gasteiger partial charge in [0.2, 0.25) is 5.91 Å². The smallest absolute Gasteiger partial charge is 0.224 e. The van der Waals surface area contributed by atoms with Gasteiger partial charge < -0.3 is 19.5 Å². The number of hydrogen-bond donors (Lipinski definition) is 1.